The molecule has 0 aromatic rings. The summed E-state index contributed by atoms with van der Waals surface area (Å²) in [5.41, 5.74) is 0.128. The minimum atomic E-state index is -0.512. The van der Waals surface area contributed by atoms with Crippen LogP contribution in [0.3, 0.4) is 0 Å². The molecule has 3 heterocycles. The number of hydrogen-bond acceptors (Lipinski definition) is 7. The van der Waals surface area contributed by atoms with Gasteiger partial charge in [-0.05, 0) is 46.5 Å². The van der Waals surface area contributed by atoms with Crippen LogP contribution in [0.4, 0.5) is 9.59 Å². The molecule has 0 aromatic carbocycles. The maximum Gasteiger partial charge on any atom is 0.410 e. The minimum absolute atomic E-state index is 0.000116. The number of fused-ring (bicyclic) bond motifs is 1. The third kappa shape index (κ3) is 5.83. The number of ether oxygens (including phenoxy) is 2. The van der Waals surface area contributed by atoms with Gasteiger partial charge >= 0.3 is 12.2 Å². The third-order valence-corrected chi connectivity index (χ3v) is 6.65. The Kier molecular flexibility index (Phi) is 6.90. The molecule has 3 amide bonds. The van der Waals surface area contributed by atoms with Crippen LogP contribution in [0.25, 0.3) is 0 Å². The molecule has 0 bridgehead atoms. The van der Waals surface area contributed by atoms with Gasteiger partial charge in [-0.25, -0.2) is 9.59 Å². The van der Waals surface area contributed by atoms with Crippen LogP contribution < -0.4 is 5.32 Å². The van der Waals surface area contributed by atoms with Crippen molar-refractivity contribution in [3.8, 4) is 0 Å². The first-order valence-electron chi connectivity index (χ1n) is 12.1. The number of carbonyl (C=O) groups is 3. The molecule has 4 rings (SSSR count). The van der Waals surface area contributed by atoms with Crippen molar-refractivity contribution < 1.29 is 23.9 Å². The molecule has 33 heavy (non-hydrogen) atoms. The van der Waals surface area contributed by atoms with E-state index in [4.69, 9.17) is 9.47 Å². The van der Waals surface area contributed by atoms with E-state index in [9.17, 15) is 14.4 Å². The molecular formula is C23H37N5O5. The molecule has 1 saturated carbocycles. The van der Waals surface area contributed by atoms with Gasteiger partial charge in [-0.15, -0.1) is 0 Å². The van der Waals surface area contributed by atoms with Crippen molar-refractivity contribution in [2.45, 2.75) is 83.4 Å². The predicted octanol–water partition coefficient (Wildman–Crippen LogP) is 2.62. The normalized spacial score (nSPS) is 22.4. The van der Waals surface area contributed by atoms with Crippen LogP contribution in [-0.2, 0) is 14.3 Å². The molecule has 0 aromatic heterocycles. The second-order valence-corrected chi connectivity index (χ2v) is 10.4. The second-order valence-electron chi connectivity index (χ2n) is 10.4. The van der Waals surface area contributed by atoms with Crippen molar-refractivity contribution in [2.24, 2.45) is 0 Å². The van der Waals surface area contributed by atoms with Crippen LogP contribution in [-0.4, -0.2) is 88.5 Å². The number of carbonyl (C=O) groups excluding carboxylic acids is 3. The lowest BCUT2D eigenvalue weighted by Crippen LogP contribution is -2.49. The lowest BCUT2D eigenvalue weighted by molar-refractivity contribution is -0.127. The number of alkyl carbamates (subject to hydrolysis) is 1. The quantitative estimate of drug-likeness (QED) is 0.685. The average Bonchev–Trinajstić information content (AvgIpc) is 3.31. The molecule has 0 unspecified atom stereocenters. The smallest absolute Gasteiger partial charge is 0.410 e. The maximum absolute atomic E-state index is 13.0. The Bertz CT molecular complexity index is 781. The van der Waals surface area contributed by atoms with Gasteiger partial charge in [-0.1, -0.05) is 19.3 Å². The van der Waals surface area contributed by atoms with Gasteiger partial charge in [0.25, 0.3) is 5.91 Å². The predicted molar refractivity (Wildman–Crippen MR) is 121 cm³/mol. The fourth-order valence-electron chi connectivity index (χ4n) is 4.94. The lowest BCUT2D eigenvalue weighted by atomic mass is 9.96. The number of likely N-dealkylation sites (tertiary alicyclic amines) is 1. The fourth-order valence-corrected chi connectivity index (χ4v) is 4.94. The van der Waals surface area contributed by atoms with Crippen LogP contribution >= 0.6 is 0 Å². The van der Waals surface area contributed by atoms with Crippen LogP contribution in [0, 0.1) is 0 Å². The van der Waals surface area contributed by atoms with Crippen molar-refractivity contribution in [3.63, 3.8) is 0 Å². The number of nitrogens with zero attached hydrogens (tertiary/aromatic N) is 4. The van der Waals surface area contributed by atoms with Gasteiger partial charge < -0.3 is 34.4 Å². The van der Waals surface area contributed by atoms with E-state index >= 15 is 0 Å². The summed E-state index contributed by atoms with van der Waals surface area (Å²) in [6, 6.07) is 0.317. The van der Waals surface area contributed by atoms with Gasteiger partial charge in [-0.3, -0.25) is 4.79 Å². The first-order valence-corrected chi connectivity index (χ1v) is 12.1. The van der Waals surface area contributed by atoms with Gasteiger partial charge in [0.05, 0.1) is 13.3 Å². The van der Waals surface area contributed by atoms with Gasteiger partial charge in [0.1, 0.15) is 11.3 Å². The SMILES string of the molecule is CC(C)(C)OC(=O)N1CCC(N2CN3CN(COC(=O)NC4CCCCC4)C=C3C2=O)CC1. The topological polar surface area (TPSA) is 94.7 Å². The molecule has 4 aliphatic rings. The summed E-state index contributed by atoms with van der Waals surface area (Å²) < 4.78 is 10.8. The number of rotatable bonds is 4. The molecule has 1 aliphatic carbocycles. The molecule has 0 atom stereocenters. The molecule has 3 aliphatic heterocycles. The number of piperidine rings is 1. The standard InChI is InChI=1S/C23H37N5O5/c1-23(2,3)33-22(31)26-11-9-18(10-12-26)28-15-27-14-25(13-19(27)20(28)29)16-32-21(30)24-17-7-5-4-6-8-17/h13,17-18H,4-12,14-16H2,1-3H3,(H,24,30). The zero-order valence-corrected chi connectivity index (χ0v) is 20.0. The molecular weight excluding hydrogens is 426 g/mol. The van der Waals surface area contributed by atoms with Gasteiger partial charge in [0.2, 0.25) is 0 Å². The zero-order chi connectivity index (χ0) is 23.6. The van der Waals surface area contributed by atoms with E-state index in [0.717, 1.165) is 38.5 Å². The lowest BCUT2D eigenvalue weighted by Gasteiger charge is -2.37. The van der Waals surface area contributed by atoms with E-state index in [1.165, 1.54) is 6.42 Å². The van der Waals surface area contributed by atoms with Crippen LogP contribution in [0.2, 0.25) is 0 Å². The largest absolute Gasteiger partial charge is 0.444 e. The third-order valence-electron chi connectivity index (χ3n) is 6.65. The molecule has 0 spiro atoms. The Morgan fingerprint density at radius 2 is 1.76 bits per heavy atom. The Morgan fingerprint density at radius 3 is 2.39 bits per heavy atom. The average molecular weight is 464 g/mol. The van der Waals surface area contributed by atoms with Gasteiger partial charge in [0.15, 0.2) is 6.73 Å². The molecule has 10 nitrogen and oxygen atoms in total. The first-order chi connectivity index (χ1) is 15.7. The summed E-state index contributed by atoms with van der Waals surface area (Å²) in [6.07, 6.45) is 8.13. The van der Waals surface area contributed by atoms with E-state index in [-0.39, 0.29) is 30.8 Å². The summed E-state index contributed by atoms with van der Waals surface area (Å²) >= 11 is 0. The van der Waals surface area contributed by atoms with E-state index in [2.05, 4.69) is 5.32 Å². The summed E-state index contributed by atoms with van der Waals surface area (Å²) in [6.45, 7) is 7.91. The van der Waals surface area contributed by atoms with Crippen LogP contribution in [0.1, 0.15) is 65.7 Å². The summed E-state index contributed by atoms with van der Waals surface area (Å²) in [5.74, 6) is -0.000116. The fraction of sp³-hybridized carbons (Fsp3) is 0.783. The minimum Gasteiger partial charge on any atom is -0.444 e. The Morgan fingerprint density at radius 1 is 1.06 bits per heavy atom. The molecule has 2 saturated heterocycles. The highest BCUT2D eigenvalue weighted by Gasteiger charge is 2.42. The Labute approximate surface area is 195 Å². The first kappa shape index (κ1) is 23.5. The number of hydrogen-bond donors (Lipinski definition) is 1. The van der Waals surface area contributed by atoms with E-state index in [1.807, 2.05) is 35.5 Å². The maximum atomic E-state index is 13.0. The molecule has 10 heteroatoms. The van der Waals surface area contributed by atoms with E-state index < -0.39 is 11.7 Å². The second kappa shape index (κ2) is 9.69. The highest BCUT2D eigenvalue weighted by atomic mass is 16.6. The molecule has 3 fully saturated rings. The highest BCUT2D eigenvalue weighted by Crippen LogP contribution is 2.30. The van der Waals surface area contributed by atoms with E-state index in [0.29, 0.717) is 32.1 Å². The summed E-state index contributed by atoms with van der Waals surface area (Å²) in [5, 5.41) is 2.94. The van der Waals surface area contributed by atoms with Crippen molar-refractivity contribution in [2.75, 3.05) is 33.2 Å². The zero-order valence-electron chi connectivity index (χ0n) is 20.0. The van der Waals surface area contributed by atoms with Crippen molar-refractivity contribution in [3.05, 3.63) is 11.9 Å². The van der Waals surface area contributed by atoms with Gasteiger partial charge in [-0.2, -0.15) is 0 Å². The molecule has 0 radical (unpaired) electrons. The Balaban J connectivity index is 1.22. The van der Waals surface area contributed by atoms with E-state index in [1.54, 1.807) is 11.1 Å². The Hall–Kier alpha value is -2.65. The molecule has 184 valence electrons. The monoisotopic (exact) mass is 463 g/mol. The van der Waals surface area contributed by atoms with Crippen molar-refractivity contribution in [1.29, 1.82) is 0 Å². The van der Waals surface area contributed by atoms with Crippen LogP contribution in [0.15, 0.2) is 11.9 Å². The van der Waals surface area contributed by atoms with Gasteiger partial charge in [0, 0.05) is 31.4 Å². The molecule has 1 N–H and O–H groups in total. The van der Waals surface area contributed by atoms with Crippen molar-refractivity contribution in [1.82, 2.24) is 24.9 Å². The summed E-state index contributed by atoms with van der Waals surface area (Å²) in [7, 11) is 0. The number of amides is 3. The van der Waals surface area contributed by atoms with Crippen molar-refractivity contribution >= 4 is 18.1 Å². The summed E-state index contributed by atoms with van der Waals surface area (Å²) in [4.78, 5) is 44.8. The van der Waals surface area contributed by atoms with Crippen LogP contribution in [0.5, 0.6) is 0 Å². The number of nitrogens with one attached hydrogen (secondary N) is 1. The highest BCUT2D eigenvalue weighted by molar-refractivity contribution is 5.95.